The van der Waals surface area contributed by atoms with Crippen LogP contribution in [0.5, 0.6) is 0 Å². The maximum absolute atomic E-state index is 12.1. The second kappa shape index (κ2) is 12.6. The van der Waals surface area contributed by atoms with E-state index in [2.05, 4.69) is 0 Å². The highest BCUT2D eigenvalue weighted by atomic mass is 16.7. The zero-order valence-electron chi connectivity index (χ0n) is 21.4. The van der Waals surface area contributed by atoms with Crippen LogP contribution in [-0.4, -0.2) is 110 Å². The minimum atomic E-state index is -0.904. The predicted octanol–water partition coefficient (Wildman–Crippen LogP) is 0.358. The first-order chi connectivity index (χ1) is 16.5. The van der Waals surface area contributed by atoms with Crippen molar-refractivity contribution in [3.8, 4) is 0 Å². The van der Waals surface area contributed by atoms with Crippen molar-refractivity contribution in [3.05, 3.63) is 0 Å². The molecule has 3 N–H and O–H groups in total. The highest BCUT2D eigenvalue weighted by Crippen LogP contribution is 2.32. The molecule has 204 valence electrons. The Bertz CT molecular complexity index is 678. The van der Waals surface area contributed by atoms with E-state index >= 15 is 0 Å². The van der Waals surface area contributed by atoms with Crippen LogP contribution in [-0.2, 0) is 38.0 Å². The van der Waals surface area contributed by atoms with E-state index in [1.807, 2.05) is 6.92 Å². The summed E-state index contributed by atoms with van der Waals surface area (Å²) in [5.41, 5.74) is 0. The molecular formula is C24H42O11. The molecule has 0 spiro atoms. The molecule has 3 heterocycles. The second-order valence-electron chi connectivity index (χ2n) is 10.0. The first-order valence-electron chi connectivity index (χ1n) is 12.4. The smallest absolute Gasteiger partial charge is 0.311 e. The molecule has 0 aliphatic carbocycles. The summed E-state index contributed by atoms with van der Waals surface area (Å²) in [6.07, 6.45) is -6.07. The largest absolute Gasteiger partial charge is 0.462 e. The highest BCUT2D eigenvalue weighted by molar-refractivity contribution is 5.73. The molecule has 0 amide bonds. The number of rotatable bonds is 9. The number of cyclic esters (lactones) is 1. The third kappa shape index (κ3) is 6.91. The Morgan fingerprint density at radius 3 is 2.14 bits per heavy atom. The van der Waals surface area contributed by atoms with E-state index in [-0.39, 0.29) is 18.9 Å². The van der Waals surface area contributed by atoms with E-state index in [1.165, 1.54) is 7.11 Å². The zero-order valence-corrected chi connectivity index (χ0v) is 21.4. The number of carbonyl (C=O) groups excluding carboxylic acids is 1. The molecule has 0 radical (unpaired) electrons. The Hall–Kier alpha value is -0.890. The average molecular weight is 507 g/mol. The third-order valence-electron chi connectivity index (χ3n) is 7.40. The van der Waals surface area contributed by atoms with E-state index in [4.69, 9.17) is 33.2 Å². The molecule has 11 nitrogen and oxygen atoms in total. The number of esters is 1. The summed E-state index contributed by atoms with van der Waals surface area (Å²) in [5.74, 6) is -1.27. The van der Waals surface area contributed by atoms with Crippen LogP contribution in [0.1, 0.15) is 47.0 Å². The predicted molar refractivity (Wildman–Crippen MR) is 121 cm³/mol. The molecule has 3 rings (SSSR count). The fourth-order valence-corrected chi connectivity index (χ4v) is 5.02. The van der Waals surface area contributed by atoms with E-state index < -0.39 is 79.4 Å². The van der Waals surface area contributed by atoms with E-state index in [0.717, 1.165) is 0 Å². The Morgan fingerprint density at radius 1 is 0.914 bits per heavy atom. The molecule has 3 aliphatic rings. The van der Waals surface area contributed by atoms with Crippen LogP contribution in [0.3, 0.4) is 0 Å². The van der Waals surface area contributed by atoms with Crippen LogP contribution in [0, 0.1) is 11.8 Å². The average Bonchev–Trinajstić information content (AvgIpc) is 2.81. The van der Waals surface area contributed by atoms with Crippen LogP contribution in [0.4, 0.5) is 0 Å². The maximum atomic E-state index is 12.1. The Morgan fingerprint density at radius 2 is 1.51 bits per heavy atom. The van der Waals surface area contributed by atoms with Crippen molar-refractivity contribution in [3.63, 3.8) is 0 Å². The first-order valence-corrected chi connectivity index (χ1v) is 12.4. The normalized spacial score (nSPS) is 45.7. The SMILES string of the molecule is COC[C@@H](C[C@H]1OC(=O)[C@H](C)[C@@H](O)[C@H]1C)O[C@H]1C[C@H](O[C@H]2C[C@@H](OC)[C@H](O)[C@@H](C)O2)[C@@H](O)[C@H](C)O1. The Labute approximate surface area is 206 Å². The fraction of sp³-hybridized carbons (Fsp3) is 0.958. The van der Waals surface area contributed by atoms with Gasteiger partial charge in [-0.3, -0.25) is 4.79 Å². The van der Waals surface area contributed by atoms with Gasteiger partial charge < -0.3 is 48.5 Å². The minimum Gasteiger partial charge on any atom is -0.462 e. The molecule has 11 heteroatoms. The summed E-state index contributed by atoms with van der Waals surface area (Å²) in [6, 6.07) is 0. The molecule has 3 aliphatic heterocycles. The molecule has 35 heavy (non-hydrogen) atoms. The lowest BCUT2D eigenvalue weighted by Gasteiger charge is -2.43. The maximum Gasteiger partial charge on any atom is 0.311 e. The summed E-state index contributed by atoms with van der Waals surface area (Å²) in [5, 5.41) is 31.3. The van der Waals surface area contributed by atoms with Gasteiger partial charge >= 0.3 is 5.97 Å². The van der Waals surface area contributed by atoms with Gasteiger partial charge in [0.1, 0.15) is 18.3 Å². The number of ether oxygens (including phenoxy) is 7. The molecule has 0 aromatic rings. The standard InChI is InChI=1S/C24H42O11/c1-11-16(35-24(28)12(2)21(11)25)7-15(10-29-5)33-19-9-18(23(27)14(4)31-19)34-20-8-17(30-6)22(26)13(3)32-20/h11-23,25-27H,7-10H2,1-6H3/t11-,12+,13+,14-,15+,16+,17+,18-,19-,20-,21-,22+,23-/m0/s1. The van der Waals surface area contributed by atoms with Gasteiger partial charge in [0.15, 0.2) is 12.6 Å². The summed E-state index contributed by atoms with van der Waals surface area (Å²) in [6.45, 7) is 7.20. The van der Waals surface area contributed by atoms with Crippen molar-refractivity contribution >= 4 is 5.97 Å². The van der Waals surface area contributed by atoms with Crippen LogP contribution >= 0.6 is 0 Å². The van der Waals surface area contributed by atoms with Crippen LogP contribution in [0.2, 0.25) is 0 Å². The molecular weight excluding hydrogens is 464 g/mol. The van der Waals surface area contributed by atoms with Crippen molar-refractivity contribution in [2.75, 3.05) is 20.8 Å². The molecule has 0 unspecified atom stereocenters. The van der Waals surface area contributed by atoms with Gasteiger partial charge in [-0.2, -0.15) is 0 Å². The summed E-state index contributed by atoms with van der Waals surface area (Å²) < 4.78 is 40.2. The molecule has 13 atom stereocenters. The van der Waals surface area contributed by atoms with Gasteiger partial charge in [0.05, 0.1) is 49.1 Å². The number of carbonyl (C=O) groups is 1. The summed E-state index contributed by atoms with van der Waals surface area (Å²) >= 11 is 0. The van der Waals surface area contributed by atoms with Gasteiger partial charge in [0.25, 0.3) is 0 Å². The molecule has 3 fully saturated rings. The fourth-order valence-electron chi connectivity index (χ4n) is 5.02. The topological polar surface area (TPSA) is 142 Å². The van der Waals surface area contributed by atoms with E-state index in [9.17, 15) is 20.1 Å². The van der Waals surface area contributed by atoms with Gasteiger partial charge in [-0.25, -0.2) is 0 Å². The Kier molecular flexibility index (Phi) is 10.3. The molecule has 0 saturated carbocycles. The van der Waals surface area contributed by atoms with Crippen molar-refractivity contribution in [1.82, 2.24) is 0 Å². The van der Waals surface area contributed by atoms with Gasteiger partial charge in [-0.05, 0) is 20.8 Å². The van der Waals surface area contributed by atoms with Crippen molar-refractivity contribution in [2.24, 2.45) is 11.8 Å². The minimum absolute atomic E-state index is 0.228. The van der Waals surface area contributed by atoms with E-state index in [0.29, 0.717) is 12.8 Å². The number of hydrogen-bond donors (Lipinski definition) is 3. The van der Waals surface area contributed by atoms with Gasteiger partial charge in [-0.15, -0.1) is 0 Å². The monoisotopic (exact) mass is 506 g/mol. The summed E-state index contributed by atoms with van der Waals surface area (Å²) in [7, 11) is 3.07. The first kappa shape index (κ1) is 28.7. The van der Waals surface area contributed by atoms with Crippen molar-refractivity contribution < 1.29 is 53.3 Å². The molecule has 0 bridgehead atoms. The number of hydrogen-bond acceptors (Lipinski definition) is 11. The summed E-state index contributed by atoms with van der Waals surface area (Å²) in [4.78, 5) is 12.1. The van der Waals surface area contributed by atoms with Crippen LogP contribution < -0.4 is 0 Å². The van der Waals surface area contributed by atoms with Crippen LogP contribution in [0.25, 0.3) is 0 Å². The van der Waals surface area contributed by atoms with Crippen molar-refractivity contribution in [1.29, 1.82) is 0 Å². The quantitative estimate of drug-likeness (QED) is 0.373. The third-order valence-corrected chi connectivity index (χ3v) is 7.40. The molecule has 3 saturated heterocycles. The van der Waals surface area contributed by atoms with E-state index in [1.54, 1.807) is 27.9 Å². The lowest BCUT2D eigenvalue weighted by atomic mass is 9.84. The van der Waals surface area contributed by atoms with Crippen molar-refractivity contribution in [2.45, 2.75) is 114 Å². The van der Waals surface area contributed by atoms with Crippen LogP contribution in [0.15, 0.2) is 0 Å². The lowest BCUT2D eigenvalue weighted by Crippen LogP contribution is -2.54. The zero-order chi connectivity index (χ0) is 25.9. The number of methoxy groups -OCH3 is 2. The van der Waals surface area contributed by atoms with Gasteiger partial charge in [-0.1, -0.05) is 6.92 Å². The Balaban J connectivity index is 1.62. The molecule has 0 aromatic heterocycles. The second-order valence-corrected chi connectivity index (χ2v) is 10.0. The highest BCUT2D eigenvalue weighted by Gasteiger charge is 2.44. The van der Waals surface area contributed by atoms with Gasteiger partial charge in [0.2, 0.25) is 0 Å². The van der Waals surface area contributed by atoms with Gasteiger partial charge in [0, 0.05) is 39.4 Å². The molecule has 0 aromatic carbocycles. The number of aliphatic hydroxyl groups excluding tert-OH is 3. The number of aliphatic hydroxyl groups is 3. The lowest BCUT2D eigenvalue weighted by molar-refractivity contribution is -0.314.